The first-order chi connectivity index (χ1) is 11.0. The number of carbonyl (C=O) groups is 2. The quantitative estimate of drug-likeness (QED) is 0.857. The zero-order valence-electron chi connectivity index (χ0n) is 11.8. The van der Waals surface area contributed by atoms with Crippen LogP contribution in [0.4, 0.5) is 16.2 Å². The Morgan fingerprint density at radius 2 is 2.09 bits per heavy atom. The molecule has 1 N–H and O–H groups in total. The third-order valence-electron chi connectivity index (χ3n) is 3.20. The number of nitrogens with zero attached hydrogens (tertiary/aromatic N) is 2. The maximum atomic E-state index is 12.3. The van der Waals surface area contributed by atoms with Crippen molar-refractivity contribution in [3.63, 3.8) is 0 Å². The van der Waals surface area contributed by atoms with E-state index in [0.29, 0.717) is 24.5 Å². The summed E-state index contributed by atoms with van der Waals surface area (Å²) in [5, 5.41) is 3.06. The number of amides is 2. The van der Waals surface area contributed by atoms with Crippen LogP contribution in [-0.4, -0.2) is 30.1 Å². The number of benzene rings is 1. The number of hydrogen-bond acceptors (Lipinski definition) is 4. The summed E-state index contributed by atoms with van der Waals surface area (Å²) in [6, 6.07) is 9.85. The molecule has 3 rings (SSSR count). The van der Waals surface area contributed by atoms with E-state index in [1.165, 1.54) is 17.0 Å². The molecule has 118 valence electrons. The van der Waals surface area contributed by atoms with E-state index in [2.05, 4.69) is 10.3 Å². The van der Waals surface area contributed by atoms with Crippen molar-refractivity contribution in [2.75, 3.05) is 23.4 Å². The molecule has 0 bridgehead atoms. The Morgan fingerprint density at radius 3 is 2.83 bits per heavy atom. The monoisotopic (exact) mass is 351 g/mol. The normalized spacial score (nSPS) is 13.8. The van der Waals surface area contributed by atoms with E-state index in [1.54, 1.807) is 24.3 Å². The van der Waals surface area contributed by atoms with E-state index in [1.807, 2.05) is 0 Å². The molecule has 0 radical (unpaired) electrons. The molecule has 0 saturated carbocycles. The van der Waals surface area contributed by atoms with Gasteiger partial charge in [0.1, 0.15) is 17.5 Å². The zero-order chi connectivity index (χ0) is 16.4. The van der Waals surface area contributed by atoms with Crippen LogP contribution in [0.5, 0.6) is 0 Å². The first-order valence-electron chi connectivity index (χ1n) is 6.72. The number of nitrogens with one attached hydrogen (secondary N) is 1. The van der Waals surface area contributed by atoms with Gasteiger partial charge in [0.2, 0.25) is 0 Å². The lowest BCUT2D eigenvalue weighted by Gasteiger charge is -2.14. The van der Waals surface area contributed by atoms with Crippen LogP contribution >= 0.6 is 23.2 Å². The van der Waals surface area contributed by atoms with Gasteiger partial charge in [0.15, 0.2) is 0 Å². The van der Waals surface area contributed by atoms with Gasteiger partial charge in [0.25, 0.3) is 5.91 Å². The first kappa shape index (κ1) is 15.6. The van der Waals surface area contributed by atoms with Gasteiger partial charge in [-0.25, -0.2) is 9.78 Å². The van der Waals surface area contributed by atoms with Crippen molar-refractivity contribution in [3.05, 3.63) is 52.3 Å². The Labute approximate surface area is 142 Å². The molecule has 1 aliphatic heterocycles. The molecule has 0 atom stereocenters. The SMILES string of the molecule is O=C(Nc1cccc(N2CCOC2=O)c1)c1nc(Cl)ccc1Cl. The van der Waals surface area contributed by atoms with E-state index in [-0.39, 0.29) is 15.9 Å². The molecule has 0 unspecified atom stereocenters. The third-order valence-corrected chi connectivity index (χ3v) is 3.72. The van der Waals surface area contributed by atoms with Crippen LogP contribution in [0.3, 0.4) is 0 Å². The molecule has 1 aromatic heterocycles. The van der Waals surface area contributed by atoms with Crippen LogP contribution in [0.15, 0.2) is 36.4 Å². The summed E-state index contributed by atoms with van der Waals surface area (Å²) in [4.78, 5) is 29.3. The number of halogens is 2. The van der Waals surface area contributed by atoms with Crippen molar-refractivity contribution in [3.8, 4) is 0 Å². The Bertz CT molecular complexity index is 782. The van der Waals surface area contributed by atoms with Crippen LogP contribution in [0.1, 0.15) is 10.5 Å². The number of rotatable bonds is 3. The largest absolute Gasteiger partial charge is 0.447 e. The van der Waals surface area contributed by atoms with Crippen LogP contribution in [0.25, 0.3) is 0 Å². The average Bonchev–Trinajstić information content (AvgIpc) is 2.96. The lowest BCUT2D eigenvalue weighted by atomic mass is 10.2. The number of anilines is 2. The van der Waals surface area contributed by atoms with Crippen LogP contribution in [0.2, 0.25) is 10.2 Å². The lowest BCUT2D eigenvalue weighted by Crippen LogP contribution is -2.23. The fraction of sp³-hybridized carbons (Fsp3) is 0.133. The van der Waals surface area contributed by atoms with Gasteiger partial charge in [0.05, 0.1) is 11.6 Å². The van der Waals surface area contributed by atoms with Crippen molar-refractivity contribution in [2.24, 2.45) is 0 Å². The number of ether oxygens (including phenoxy) is 1. The fourth-order valence-electron chi connectivity index (χ4n) is 2.15. The van der Waals surface area contributed by atoms with E-state index in [9.17, 15) is 9.59 Å². The topological polar surface area (TPSA) is 71.5 Å². The minimum atomic E-state index is -0.487. The lowest BCUT2D eigenvalue weighted by molar-refractivity contribution is 0.102. The molecule has 8 heteroatoms. The highest BCUT2D eigenvalue weighted by atomic mass is 35.5. The van der Waals surface area contributed by atoms with Gasteiger partial charge in [-0.15, -0.1) is 0 Å². The summed E-state index contributed by atoms with van der Waals surface area (Å²) in [6.07, 6.45) is -0.409. The molecule has 1 saturated heterocycles. The van der Waals surface area contributed by atoms with Crippen molar-refractivity contribution >= 4 is 46.6 Å². The molecule has 0 spiro atoms. The van der Waals surface area contributed by atoms with Gasteiger partial charge in [0, 0.05) is 11.4 Å². The Hall–Kier alpha value is -2.31. The van der Waals surface area contributed by atoms with Crippen LogP contribution in [-0.2, 0) is 4.74 Å². The second-order valence-electron chi connectivity index (χ2n) is 4.73. The van der Waals surface area contributed by atoms with Crippen molar-refractivity contribution < 1.29 is 14.3 Å². The third kappa shape index (κ3) is 3.38. The van der Waals surface area contributed by atoms with E-state index < -0.39 is 12.0 Å². The zero-order valence-corrected chi connectivity index (χ0v) is 13.3. The minimum Gasteiger partial charge on any atom is -0.447 e. The summed E-state index contributed by atoms with van der Waals surface area (Å²) in [5.41, 5.74) is 1.17. The maximum absolute atomic E-state index is 12.3. The molecule has 0 aliphatic carbocycles. The van der Waals surface area contributed by atoms with Gasteiger partial charge >= 0.3 is 6.09 Å². The van der Waals surface area contributed by atoms with E-state index >= 15 is 0 Å². The molecule has 6 nitrogen and oxygen atoms in total. The molecule has 2 heterocycles. The highest BCUT2D eigenvalue weighted by Crippen LogP contribution is 2.24. The first-order valence-corrected chi connectivity index (χ1v) is 7.48. The molecule has 2 amide bonds. The van der Waals surface area contributed by atoms with Crippen molar-refractivity contribution in [1.82, 2.24) is 4.98 Å². The second kappa shape index (κ2) is 6.44. The summed E-state index contributed by atoms with van der Waals surface area (Å²) < 4.78 is 4.90. The van der Waals surface area contributed by atoms with E-state index in [4.69, 9.17) is 27.9 Å². The predicted molar refractivity (Wildman–Crippen MR) is 87.3 cm³/mol. The number of carbonyl (C=O) groups excluding carboxylic acids is 2. The fourth-order valence-corrected chi connectivity index (χ4v) is 2.49. The predicted octanol–water partition coefficient (Wildman–Crippen LogP) is 3.60. The van der Waals surface area contributed by atoms with Gasteiger partial charge in [-0.1, -0.05) is 29.3 Å². The standard InChI is InChI=1S/C15H11Cl2N3O3/c16-11-4-5-12(17)19-13(11)14(21)18-9-2-1-3-10(8-9)20-6-7-23-15(20)22/h1-5,8H,6-7H2,(H,18,21). The summed E-state index contributed by atoms with van der Waals surface area (Å²) in [5.74, 6) is -0.487. The number of hydrogen-bond donors (Lipinski definition) is 1. The highest BCUT2D eigenvalue weighted by molar-refractivity contribution is 6.35. The van der Waals surface area contributed by atoms with E-state index in [0.717, 1.165) is 0 Å². The Kier molecular flexibility index (Phi) is 4.36. The van der Waals surface area contributed by atoms with Gasteiger partial charge in [-0.2, -0.15) is 0 Å². The molecule has 2 aromatic rings. The minimum absolute atomic E-state index is 0.0325. The molecular formula is C15H11Cl2N3O3. The molecular weight excluding hydrogens is 341 g/mol. The van der Waals surface area contributed by atoms with Crippen molar-refractivity contribution in [1.29, 1.82) is 0 Å². The van der Waals surface area contributed by atoms with Gasteiger partial charge in [-0.3, -0.25) is 9.69 Å². The number of cyclic esters (lactones) is 1. The highest BCUT2D eigenvalue weighted by Gasteiger charge is 2.23. The average molecular weight is 352 g/mol. The van der Waals surface area contributed by atoms with Crippen LogP contribution < -0.4 is 10.2 Å². The molecule has 1 aromatic carbocycles. The smallest absolute Gasteiger partial charge is 0.414 e. The maximum Gasteiger partial charge on any atom is 0.414 e. The summed E-state index contributed by atoms with van der Waals surface area (Å²) >= 11 is 11.7. The molecule has 23 heavy (non-hydrogen) atoms. The van der Waals surface area contributed by atoms with Crippen molar-refractivity contribution in [2.45, 2.75) is 0 Å². The number of pyridine rings is 1. The van der Waals surface area contributed by atoms with Crippen LogP contribution in [0, 0.1) is 0 Å². The number of aromatic nitrogens is 1. The summed E-state index contributed by atoms with van der Waals surface area (Å²) in [6.45, 7) is 0.815. The molecule has 1 fully saturated rings. The Balaban J connectivity index is 1.81. The molecule has 1 aliphatic rings. The Morgan fingerprint density at radius 1 is 1.26 bits per heavy atom. The van der Waals surface area contributed by atoms with Gasteiger partial charge < -0.3 is 10.1 Å². The second-order valence-corrected chi connectivity index (χ2v) is 5.53. The summed E-state index contributed by atoms with van der Waals surface area (Å²) in [7, 11) is 0. The van der Waals surface area contributed by atoms with Gasteiger partial charge in [-0.05, 0) is 30.3 Å².